The molecule has 0 bridgehead atoms. The van der Waals surface area contributed by atoms with E-state index in [-0.39, 0.29) is 11.8 Å². The van der Waals surface area contributed by atoms with Gasteiger partial charge in [0.25, 0.3) is 0 Å². The molecule has 1 rings (SSSR count). The van der Waals surface area contributed by atoms with E-state index in [1.165, 1.54) is 13.2 Å². The summed E-state index contributed by atoms with van der Waals surface area (Å²) >= 11 is 5.82. The molecule has 0 saturated heterocycles. The fourth-order valence-electron chi connectivity index (χ4n) is 1.25. The summed E-state index contributed by atoms with van der Waals surface area (Å²) in [5.41, 5.74) is 6.39. The van der Waals surface area contributed by atoms with Gasteiger partial charge >= 0.3 is 0 Å². The Morgan fingerprint density at radius 3 is 2.71 bits per heavy atom. The number of nitrogens with two attached hydrogens (primary N) is 1. The first-order chi connectivity index (χ1) is 6.54. The van der Waals surface area contributed by atoms with E-state index in [0.717, 1.165) is 5.56 Å². The maximum atomic E-state index is 9.56. The molecule has 14 heavy (non-hydrogen) atoms. The largest absolute Gasteiger partial charge is 0.508 e. The third kappa shape index (κ3) is 2.53. The number of phenolic OH excluding ortho intramolecular Hbond substituents is 1. The molecule has 0 amide bonds. The summed E-state index contributed by atoms with van der Waals surface area (Å²) in [5.74, 6) is 0.716. The number of aromatic hydroxyl groups is 1. The Kier molecular flexibility index (Phi) is 3.61. The molecule has 4 heteroatoms. The van der Waals surface area contributed by atoms with Crippen molar-refractivity contribution in [2.24, 2.45) is 5.73 Å². The maximum absolute atomic E-state index is 9.56. The van der Waals surface area contributed by atoms with Gasteiger partial charge in [-0.15, -0.1) is 0 Å². The molecule has 0 radical (unpaired) electrons. The highest BCUT2D eigenvalue weighted by molar-refractivity contribution is 6.32. The number of hydrogen-bond acceptors (Lipinski definition) is 3. The van der Waals surface area contributed by atoms with E-state index >= 15 is 0 Å². The summed E-state index contributed by atoms with van der Waals surface area (Å²) in [6.07, 6.45) is 0.597. The van der Waals surface area contributed by atoms with Crippen LogP contribution in [-0.4, -0.2) is 18.3 Å². The van der Waals surface area contributed by atoms with Crippen LogP contribution in [0.15, 0.2) is 12.1 Å². The van der Waals surface area contributed by atoms with Crippen molar-refractivity contribution in [3.8, 4) is 11.5 Å². The van der Waals surface area contributed by atoms with E-state index in [4.69, 9.17) is 22.1 Å². The van der Waals surface area contributed by atoms with E-state index < -0.39 is 0 Å². The van der Waals surface area contributed by atoms with Gasteiger partial charge < -0.3 is 15.6 Å². The molecule has 0 aliphatic carbocycles. The number of methoxy groups -OCH3 is 1. The van der Waals surface area contributed by atoms with Crippen molar-refractivity contribution < 1.29 is 9.84 Å². The lowest BCUT2D eigenvalue weighted by Crippen LogP contribution is -2.17. The van der Waals surface area contributed by atoms with Crippen molar-refractivity contribution in [1.29, 1.82) is 0 Å². The van der Waals surface area contributed by atoms with Gasteiger partial charge in [-0.05, 0) is 25.0 Å². The Labute approximate surface area is 88.4 Å². The highest BCUT2D eigenvalue weighted by Gasteiger charge is 2.09. The molecule has 78 valence electrons. The quantitative estimate of drug-likeness (QED) is 0.810. The number of halogens is 1. The van der Waals surface area contributed by atoms with Crippen molar-refractivity contribution >= 4 is 11.6 Å². The molecule has 1 aromatic carbocycles. The molecule has 0 spiro atoms. The Morgan fingerprint density at radius 2 is 2.21 bits per heavy atom. The summed E-state index contributed by atoms with van der Waals surface area (Å²) in [7, 11) is 1.54. The lowest BCUT2D eigenvalue weighted by atomic mass is 10.1. The zero-order valence-corrected chi connectivity index (χ0v) is 9.01. The molecule has 1 atom stereocenters. The number of hydrogen-bond donors (Lipinski definition) is 2. The minimum absolute atomic E-state index is 0.00761. The van der Waals surface area contributed by atoms with Crippen molar-refractivity contribution in [2.75, 3.05) is 7.11 Å². The molecule has 0 aromatic heterocycles. The first-order valence-electron chi connectivity index (χ1n) is 4.35. The van der Waals surface area contributed by atoms with Crippen LogP contribution >= 0.6 is 11.6 Å². The van der Waals surface area contributed by atoms with Crippen LogP contribution in [-0.2, 0) is 6.42 Å². The monoisotopic (exact) mass is 215 g/mol. The molecule has 3 N–H and O–H groups in total. The number of ether oxygens (including phenoxy) is 1. The minimum Gasteiger partial charge on any atom is -0.508 e. The lowest BCUT2D eigenvalue weighted by molar-refractivity contribution is 0.410. The molecule has 1 aromatic rings. The van der Waals surface area contributed by atoms with Crippen molar-refractivity contribution in [3.05, 3.63) is 22.7 Å². The average Bonchev–Trinajstić information content (AvgIpc) is 2.09. The fourth-order valence-corrected chi connectivity index (χ4v) is 1.49. The van der Waals surface area contributed by atoms with Gasteiger partial charge in [0, 0.05) is 12.1 Å². The third-order valence-corrected chi connectivity index (χ3v) is 2.19. The van der Waals surface area contributed by atoms with Crippen LogP contribution in [0.4, 0.5) is 0 Å². The van der Waals surface area contributed by atoms with Gasteiger partial charge in [0.2, 0.25) is 0 Å². The van der Waals surface area contributed by atoms with Crippen LogP contribution in [0.3, 0.4) is 0 Å². The highest BCUT2D eigenvalue weighted by Crippen LogP contribution is 2.32. The zero-order valence-electron chi connectivity index (χ0n) is 8.25. The lowest BCUT2D eigenvalue weighted by Gasteiger charge is -2.10. The average molecular weight is 216 g/mol. The molecular formula is C10H14ClNO2. The third-order valence-electron chi connectivity index (χ3n) is 1.89. The molecule has 3 nitrogen and oxygen atoms in total. The van der Waals surface area contributed by atoms with Gasteiger partial charge in [-0.2, -0.15) is 0 Å². The molecule has 0 aliphatic rings. The molecular weight excluding hydrogens is 202 g/mol. The fraction of sp³-hybridized carbons (Fsp3) is 0.400. The zero-order chi connectivity index (χ0) is 10.7. The number of phenols is 1. The summed E-state index contributed by atoms with van der Waals surface area (Å²) in [4.78, 5) is 0. The van der Waals surface area contributed by atoms with Crippen LogP contribution in [0.2, 0.25) is 5.02 Å². The summed E-state index contributed by atoms with van der Waals surface area (Å²) < 4.78 is 5.04. The first kappa shape index (κ1) is 11.1. The van der Waals surface area contributed by atoms with Crippen LogP contribution in [0, 0.1) is 0 Å². The predicted molar refractivity (Wildman–Crippen MR) is 57.0 cm³/mol. The second kappa shape index (κ2) is 4.53. The standard InChI is InChI=1S/C10H14ClNO2/c1-6(12)3-7-4-10(14-2)8(11)5-9(7)13/h4-6,13H,3,12H2,1-2H3. The molecule has 0 fully saturated rings. The Bertz CT molecular complexity index is 326. The molecule has 0 aliphatic heterocycles. The number of rotatable bonds is 3. The van der Waals surface area contributed by atoms with Gasteiger partial charge in [0.05, 0.1) is 12.1 Å². The Morgan fingerprint density at radius 1 is 1.57 bits per heavy atom. The normalized spacial score (nSPS) is 12.6. The van der Waals surface area contributed by atoms with Gasteiger partial charge in [-0.3, -0.25) is 0 Å². The summed E-state index contributed by atoms with van der Waals surface area (Å²) in [6.45, 7) is 1.88. The summed E-state index contributed by atoms with van der Waals surface area (Å²) in [5, 5.41) is 9.97. The van der Waals surface area contributed by atoms with Crippen LogP contribution < -0.4 is 10.5 Å². The van der Waals surface area contributed by atoms with Crippen LogP contribution in [0.5, 0.6) is 11.5 Å². The second-order valence-corrected chi connectivity index (χ2v) is 3.70. The SMILES string of the molecule is COc1cc(CC(C)N)c(O)cc1Cl. The van der Waals surface area contributed by atoms with Gasteiger partial charge in [0.15, 0.2) is 0 Å². The van der Waals surface area contributed by atoms with Gasteiger partial charge in [-0.25, -0.2) is 0 Å². The van der Waals surface area contributed by atoms with E-state index in [0.29, 0.717) is 17.2 Å². The van der Waals surface area contributed by atoms with E-state index in [1.54, 1.807) is 6.07 Å². The van der Waals surface area contributed by atoms with Gasteiger partial charge in [-0.1, -0.05) is 11.6 Å². The van der Waals surface area contributed by atoms with E-state index in [9.17, 15) is 5.11 Å². The van der Waals surface area contributed by atoms with E-state index in [2.05, 4.69) is 0 Å². The molecule has 1 unspecified atom stereocenters. The van der Waals surface area contributed by atoms with Crippen LogP contribution in [0.25, 0.3) is 0 Å². The maximum Gasteiger partial charge on any atom is 0.137 e. The summed E-state index contributed by atoms with van der Waals surface area (Å²) in [6, 6.07) is 3.17. The highest BCUT2D eigenvalue weighted by atomic mass is 35.5. The Hall–Kier alpha value is -0.930. The minimum atomic E-state index is -0.00761. The second-order valence-electron chi connectivity index (χ2n) is 3.30. The smallest absolute Gasteiger partial charge is 0.137 e. The Balaban J connectivity index is 3.04. The first-order valence-corrected chi connectivity index (χ1v) is 4.73. The van der Waals surface area contributed by atoms with Crippen LogP contribution in [0.1, 0.15) is 12.5 Å². The van der Waals surface area contributed by atoms with Crippen molar-refractivity contribution in [3.63, 3.8) is 0 Å². The van der Waals surface area contributed by atoms with Crippen molar-refractivity contribution in [1.82, 2.24) is 0 Å². The predicted octanol–water partition coefficient (Wildman–Crippen LogP) is 1.94. The van der Waals surface area contributed by atoms with Crippen molar-refractivity contribution in [2.45, 2.75) is 19.4 Å². The number of benzene rings is 1. The molecule has 0 saturated carbocycles. The van der Waals surface area contributed by atoms with E-state index in [1.807, 2.05) is 6.92 Å². The topological polar surface area (TPSA) is 55.5 Å². The van der Waals surface area contributed by atoms with Gasteiger partial charge in [0.1, 0.15) is 11.5 Å². The molecule has 0 heterocycles.